The van der Waals surface area contributed by atoms with E-state index in [1.165, 1.54) is 16.2 Å². The third-order valence-electron chi connectivity index (χ3n) is 12.8. The minimum atomic E-state index is 0.623. The Morgan fingerprint density at radius 3 is 1.55 bits per heavy atom. The van der Waals surface area contributed by atoms with Gasteiger partial charge in [0.2, 0.25) is 0 Å². The van der Waals surface area contributed by atoms with Gasteiger partial charge in [0.25, 0.3) is 0 Å². The van der Waals surface area contributed by atoms with Gasteiger partial charge in [-0.1, -0.05) is 152 Å². The maximum atomic E-state index is 6.81. The van der Waals surface area contributed by atoms with Crippen LogP contribution in [0.3, 0.4) is 0 Å². The van der Waals surface area contributed by atoms with Gasteiger partial charge in [-0.15, -0.1) is 11.3 Å². The first-order valence-corrected chi connectivity index (χ1v) is 22.3. The van der Waals surface area contributed by atoms with E-state index in [1.807, 2.05) is 53.8 Å². The number of para-hydroxylation sites is 4. The molecule has 0 spiro atoms. The molecule has 5 aromatic heterocycles. The second-order valence-corrected chi connectivity index (χ2v) is 17.3. The summed E-state index contributed by atoms with van der Waals surface area (Å²) < 4.78 is 14.0. The van der Waals surface area contributed by atoms with Crippen molar-refractivity contribution in [2.45, 2.75) is 0 Å². The van der Waals surface area contributed by atoms with Crippen molar-refractivity contribution in [1.82, 2.24) is 24.1 Å². The van der Waals surface area contributed by atoms with Crippen LogP contribution in [0.4, 0.5) is 0 Å². The number of furan rings is 1. The molecule has 0 N–H and O–H groups in total. The lowest BCUT2D eigenvalue weighted by Gasteiger charge is -2.13. The summed E-state index contributed by atoms with van der Waals surface area (Å²) in [5, 5.41) is 9.20. The predicted octanol–water partition coefficient (Wildman–Crippen LogP) is 15.3. The van der Waals surface area contributed by atoms with Gasteiger partial charge in [0.1, 0.15) is 5.58 Å². The Balaban J connectivity index is 1.13. The first-order chi connectivity index (χ1) is 31.8. The minimum absolute atomic E-state index is 0.623. The smallest absolute Gasteiger partial charge is 0.164 e. The molecule has 0 bridgehead atoms. The van der Waals surface area contributed by atoms with Crippen LogP contribution >= 0.6 is 11.3 Å². The summed E-state index contributed by atoms with van der Waals surface area (Å²) in [5.41, 5.74) is 11.2. The molecule has 64 heavy (non-hydrogen) atoms. The Kier molecular flexibility index (Phi) is 7.46. The SMILES string of the molecule is c1ccc(-c2nc(-c3ccccc3)nc(-c3ccc(-n4c5ccccc5c5ccccc54)c4sc5c(-n6c7ccccc7c7ccc8c9ccccc9oc8c76)cccc5c34)n2)cc1. The van der Waals surface area contributed by atoms with Crippen molar-refractivity contribution in [2.24, 2.45) is 0 Å². The highest BCUT2D eigenvalue weighted by Crippen LogP contribution is 2.48. The summed E-state index contributed by atoms with van der Waals surface area (Å²) >= 11 is 1.82. The number of rotatable bonds is 5. The van der Waals surface area contributed by atoms with E-state index in [1.54, 1.807) is 0 Å². The number of aromatic nitrogens is 5. The van der Waals surface area contributed by atoms with Crippen LogP contribution in [0, 0.1) is 0 Å². The van der Waals surface area contributed by atoms with Gasteiger partial charge in [-0.2, -0.15) is 0 Å². The molecule has 0 saturated carbocycles. The van der Waals surface area contributed by atoms with Gasteiger partial charge in [-0.05, 0) is 48.5 Å². The molecule has 14 rings (SSSR count). The van der Waals surface area contributed by atoms with Gasteiger partial charge < -0.3 is 13.6 Å². The maximum absolute atomic E-state index is 6.81. The lowest BCUT2D eigenvalue weighted by Crippen LogP contribution is -2.01. The van der Waals surface area contributed by atoms with Crippen LogP contribution in [0.25, 0.3) is 131 Å². The van der Waals surface area contributed by atoms with E-state index in [0.29, 0.717) is 17.5 Å². The van der Waals surface area contributed by atoms with E-state index >= 15 is 0 Å². The maximum Gasteiger partial charge on any atom is 0.164 e. The minimum Gasteiger partial charge on any atom is -0.454 e. The zero-order chi connectivity index (χ0) is 41.9. The van der Waals surface area contributed by atoms with Crippen molar-refractivity contribution < 1.29 is 4.42 Å². The Hall–Kier alpha value is -8.39. The molecule has 298 valence electrons. The van der Waals surface area contributed by atoms with Crippen molar-refractivity contribution in [2.75, 3.05) is 0 Å². The molecule has 0 aliphatic carbocycles. The average molecular weight is 836 g/mol. The van der Waals surface area contributed by atoms with Crippen LogP contribution < -0.4 is 0 Å². The summed E-state index contributed by atoms with van der Waals surface area (Å²) in [6.45, 7) is 0. The second kappa shape index (κ2) is 13.6. The largest absolute Gasteiger partial charge is 0.454 e. The van der Waals surface area contributed by atoms with E-state index in [-0.39, 0.29) is 0 Å². The fraction of sp³-hybridized carbons (Fsp3) is 0. The standard InChI is InChI=1S/C57H33N5OS/c1-3-16-34(17-4-1)55-58-56(35-18-5-2-6-19-35)60-57(59-55)43-32-33-48(61-44-25-11-7-20-36(44)37-21-8-12-26-45(37)61)54-50(43)42-24-15-28-47(53(42)64-54)62-46-27-13-9-22-38(46)40-30-31-41-39-23-10-14-29-49(39)63-52(41)51(40)62/h1-33H. The molecule has 7 heteroatoms. The van der Waals surface area contributed by atoms with E-state index in [9.17, 15) is 0 Å². The molecule has 0 unspecified atom stereocenters. The molecule has 14 aromatic rings. The van der Waals surface area contributed by atoms with Gasteiger partial charge in [0.15, 0.2) is 23.1 Å². The Labute approximate surface area is 369 Å². The van der Waals surface area contributed by atoms with Gasteiger partial charge in [-0.25, -0.2) is 15.0 Å². The Morgan fingerprint density at radius 2 is 0.875 bits per heavy atom. The van der Waals surface area contributed by atoms with Crippen LogP contribution in [0.15, 0.2) is 205 Å². The van der Waals surface area contributed by atoms with Crippen LogP contribution in [0.5, 0.6) is 0 Å². The molecule has 5 heterocycles. The molecule has 0 radical (unpaired) electrons. The molecule has 0 aliphatic heterocycles. The summed E-state index contributed by atoms with van der Waals surface area (Å²) in [6.07, 6.45) is 0. The quantitative estimate of drug-likeness (QED) is 0.173. The fourth-order valence-corrected chi connectivity index (χ4v) is 11.3. The summed E-state index contributed by atoms with van der Waals surface area (Å²) in [5.74, 6) is 1.88. The van der Waals surface area contributed by atoms with Crippen LogP contribution in [0.2, 0.25) is 0 Å². The van der Waals surface area contributed by atoms with E-state index in [2.05, 4.69) is 167 Å². The molecular weight excluding hydrogens is 803 g/mol. The summed E-state index contributed by atoms with van der Waals surface area (Å²) in [4.78, 5) is 15.7. The average Bonchev–Trinajstić information content (AvgIpc) is 4.12. The summed E-state index contributed by atoms with van der Waals surface area (Å²) in [7, 11) is 0. The zero-order valence-electron chi connectivity index (χ0n) is 34.1. The first kappa shape index (κ1) is 35.2. The normalized spacial score (nSPS) is 12.1. The first-order valence-electron chi connectivity index (χ1n) is 21.4. The molecule has 0 fully saturated rings. The number of benzene rings is 9. The van der Waals surface area contributed by atoms with Crippen LogP contribution in [0.1, 0.15) is 0 Å². The zero-order valence-corrected chi connectivity index (χ0v) is 34.9. The monoisotopic (exact) mass is 835 g/mol. The van der Waals surface area contributed by atoms with Gasteiger partial charge in [0, 0.05) is 59.8 Å². The van der Waals surface area contributed by atoms with Crippen molar-refractivity contribution in [3.63, 3.8) is 0 Å². The Morgan fingerprint density at radius 1 is 0.359 bits per heavy atom. The van der Waals surface area contributed by atoms with Gasteiger partial charge in [0.05, 0.1) is 42.8 Å². The second-order valence-electron chi connectivity index (χ2n) is 16.3. The number of thiophene rings is 1. The molecule has 0 aliphatic rings. The number of hydrogen-bond acceptors (Lipinski definition) is 5. The highest BCUT2D eigenvalue weighted by molar-refractivity contribution is 7.26. The molecule has 9 aromatic carbocycles. The van der Waals surface area contributed by atoms with Gasteiger partial charge in [-0.3, -0.25) is 0 Å². The fourth-order valence-electron chi connectivity index (χ4n) is 10.0. The highest BCUT2D eigenvalue weighted by Gasteiger charge is 2.25. The molecule has 0 saturated heterocycles. The lowest BCUT2D eigenvalue weighted by molar-refractivity contribution is 0.671. The lowest BCUT2D eigenvalue weighted by atomic mass is 10.0. The molecular formula is C57H33N5OS. The van der Waals surface area contributed by atoms with Crippen LogP contribution in [-0.4, -0.2) is 24.1 Å². The van der Waals surface area contributed by atoms with Crippen molar-refractivity contribution in [3.05, 3.63) is 200 Å². The third-order valence-corrected chi connectivity index (χ3v) is 14.0. The third kappa shape index (κ3) is 5.04. The predicted molar refractivity (Wildman–Crippen MR) is 265 cm³/mol. The topological polar surface area (TPSA) is 61.7 Å². The number of fused-ring (bicyclic) bond motifs is 13. The molecule has 6 nitrogen and oxygen atoms in total. The molecule has 0 amide bonds. The highest BCUT2D eigenvalue weighted by atomic mass is 32.1. The number of nitrogens with zero attached hydrogens (tertiary/aromatic N) is 5. The van der Waals surface area contributed by atoms with E-state index < -0.39 is 0 Å². The van der Waals surface area contributed by atoms with Crippen molar-refractivity contribution in [3.8, 4) is 45.5 Å². The Bertz CT molecular complexity index is 4090. The van der Waals surface area contributed by atoms with Crippen LogP contribution in [-0.2, 0) is 0 Å². The summed E-state index contributed by atoms with van der Waals surface area (Å²) in [6, 6.07) is 70.6. The van der Waals surface area contributed by atoms with E-state index in [4.69, 9.17) is 19.4 Å². The van der Waals surface area contributed by atoms with Gasteiger partial charge >= 0.3 is 0 Å². The van der Waals surface area contributed by atoms with Crippen molar-refractivity contribution in [1.29, 1.82) is 0 Å². The van der Waals surface area contributed by atoms with E-state index in [0.717, 1.165) is 97.6 Å². The molecule has 0 atom stereocenters. The van der Waals surface area contributed by atoms with Crippen molar-refractivity contribution >= 4 is 97.1 Å². The number of hydrogen-bond donors (Lipinski definition) is 0.